The molecule has 2 atom stereocenters. The number of hydrogen-bond donors (Lipinski definition) is 1. The van der Waals surface area contributed by atoms with Gasteiger partial charge in [0.1, 0.15) is 0 Å². The van der Waals surface area contributed by atoms with Crippen molar-refractivity contribution >= 4 is 0 Å². The third-order valence-electron chi connectivity index (χ3n) is 1.69. The second-order valence-electron chi connectivity index (χ2n) is 2.27. The summed E-state index contributed by atoms with van der Waals surface area (Å²) in [6, 6.07) is 0. The normalized spacial score (nSPS) is 38.2. The van der Waals surface area contributed by atoms with Crippen molar-refractivity contribution in [2.24, 2.45) is 5.92 Å². The van der Waals surface area contributed by atoms with E-state index in [-0.39, 0.29) is 6.10 Å². The Labute approximate surface area is 49.5 Å². The predicted molar refractivity (Wildman–Crippen MR) is 30.6 cm³/mol. The average Bonchev–Trinajstić information content (AvgIpc) is 2.14. The fourth-order valence-corrected chi connectivity index (χ4v) is 0.977. The van der Waals surface area contributed by atoms with Crippen LogP contribution in [0.25, 0.3) is 0 Å². The highest BCUT2D eigenvalue weighted by molar-refractivity contribution is 4.71. The van der Waals surface area contributed by atoms with Crippen LogP contribution >= 0.6 is 0 Å². The summed E-state index contributed by atoms with van der Waals surface area (Å²) in [4.78, 5) is 0. The zero-order valence-corrected chi connectivity index (χ0v) is 5.13. The SMILES string of the molecule is CC[C@H]1COCC1O. The van der Waals surface area contributed by atoms with Gasteiger partial charge in [-0.3, -0.25) is 0 Å². The van der Waals surface area contributed by atoms with Gasteiger partial charge < -0.3 is 9.84 Å². The Kier molecular flexibility index (Phi) is 1.86. The molecule has 0 radical (unpaired) electrons. The van der Waals surface area contributed by atoms with Gasteiger partial charge in [0.05, 0.1) is 19.3 Å². The molecule has 1 saturated heterocycles. The highest BCUT2D eigenvalue weighted by atomic mass is 16.5. The van der Waals surface area contributed by atoms with Crippen LogP contribution < -0.4 is 0 Å². The molecule has 0 amide bonds. The lowest BCUT2D eigenvalue weighted by Crippen LogP contribution is -2.16. The van der Waals surface area contributed by atoms with Gasteiger partial charge in [0, 0.05) is 5.92 Å². The maximum Gasteiger partial charge on any atom is 0.0823 e. The van der Waals surface area contributed by atoms with E-state index in [4.69, 9.17) is 9.84 Å². The lowest BCUT2D eigenvalue weighted by Gasteiger charge is -2.06. The van der Waals surface area contributed by atoms with Gasteiger partial charge in [-0.25, -0.2) is 0 Å². The molecule has 1 rings (SSSR count). The first-order chi connectivity index (χ1) is 3.84. The van der Waals surface area contributed by atoms with Crippen LogP contribution in [0, 0.1) is 5.92 Å². The molecule has 8 heavy (non-hydrogen) atoms. The zero-order valence-electron chi connectivity index (χ0n) is 5.13. The van der Waals surface area contributed by atoms with E-state index in [0.29, 0.717) is 12.5 Å². The zero-order chi connectivity index (χ0) is 5.98. The van der Waals surface area contributed by atoms with E-state index in [9.17, 15) is 0 Å². The van der Waals surface area contributed by atoms with E-state index < -0.39 is 0 Å². The molecule has 0 saturated carbocycles. The fraction of sp³-hybridized carbons (Fsp3) is 1.00. The van der Waals surface area contributed by atoms with Gasteiger partial charge in [0.25, 0.3) is 0 Å². The smallest absolute Gasteiger partial charge is 0.0823 e. The third kappa shape index (κ3) is 1.01. The van der Waals surface area contributed by atoms with Crippen LogP contribution in [0.15, 0.2) is 0 Å². The topological polar surface area (TPSA) is 29.5 Å². The first kappa shape index (κ1) is 6.05. The Morgan fingerprint density at radius 2 is 2.38 bits per heavy atom. The van der Waals surface area contributed by atoms with Crippen molar-refractivity contribution in [2.75, 3.05) is 13.2 Å². The Hall–Kier alpha value is -0.0800. The largest absolute Gasteiger partial charge is 0.390 e. The molecular formula is C6H12O2. The monoisotopic (exact) mass is 116 g/mol. The number of rotatable bonds is 1. The van der Waals surface area contributed by atoms with Crippen molar-refractivity contribution in [3.05, 3.63) is 0 Å². The highest BCUT2D eigenvalue weighted by Gasteiger charge is 2.23. The molecule has 0 bridgehead atoms. The molecule has 1 unspecified atom stereocenters. The van der Waals surface area contributed by atoms with Crippen molar-refractivity contribution < 1.29 is 9.84 Å². The Balaban J connectivity index is 2.30. The quantitative estimate of drug-likeness (QED) is 0.537. The second-order valence-corrected chi connectivity index (χ2v) is 2.27. The minimum Gasteiger partial charge on any atom is -0.390 e. The minimum atomic E-state index is -0.194. The molecule has 0 spiro atoms. The summed E-state index contributed by atoms with van der Waals surface area (Å²) in [5.41, 5.74) is 0. The van der Waals surface area contributed by atoms with E-state index >= 15 is 0 Å². The molecule has 0 aromatic carbocycles. The molecule has 2 heteroatoms. The number of hydrogen-bond acceptors (Lipinski definition) is 2. The maximum absolute atomic E-state index is 9.06. The molecular weight excluding hydrogens is 104 g/mol. The van der Waals surface area contributed by atoms with E-state index in [0.717, 1.165) is 13.0 Å². The van der Waals surface area contributed by atoms with Crippen molar-refractivity contribution in [3.8, 4) is 0 Å². The Morgan fingerprint density at radius 1 is 1.62 bits per heavy atom. The maximum atomic E-state index is 9.06. The number of aliphatic hydroxyl groups excluding tert-OH is 1. The van der Waals surface area contributed by atoms with Crippen molar-refractivity contribution in [1.29, 1.82) is 0 Å². The van der Waals surface area contributed by atoms with Gasteiger partial charge in [-0.15, -0.1) is 0 Å². The summed E-state index contributed by atoms with van der Waals surface area (Å²) in [5.74, 6) is 0.398. The highest BCUT2D eigenvalue weighted by Crippen LogP contribution is 2.15. The van der Waals surface area contributed by atoms with E-state index in [1.807, 2.05) is 0 Å². The van der Waals surface area contributed by atoms with Crippen LogP contribution in [-0.2, 0) is 4.74 Å². The number of ether oxygens (including phenoxy) is 1. The van der Waals surface area contributed by atoms with Gasteiger partial charge in [0.15, 0.2) is 0 Å². The first-order valence-corrected chi connectivity index (χ1v) is 3.10. The summed E-state index contributed by atoms with van der Waals surface area (Å²) in [5, 5.41) is 9.06. The van der Waals surface area contributed by atoms with Crippen LogP contribution in [0.3, 0.4) is 0 Å². The van der Waals surface area contributed by atoms with Gasteiger partial charge in [-0.05, 0) is 6.42 Å². The molecule has 1 heterocycles. The molecule has 48 valence electrons. The average molecular weight is 116 g/mol. The third-order valence-corrected chi connectivity index (χ3v) is 1.69. The molecule has 1 aliphatic heterocycles. The summed E-state index contributed by atoms with van der Waals surface area (Å²) in [7, 11) is 0. The summed E-state index contributed by atoms with van der Waals surface area (Å²) in [6.45, 7) is 3.36. The van der Waals surface area contributed by atoms with Crippen LogP contribution in [0.5, 0.6) is 0 Å². The van der Waals surface area contributed by atoms with Crippen molar-refractivity contribution in [3.63, 3.8) is 0 Å². The lowest BCUT2D eigenvalue weighted by atomic mass is 10.0. The van der Waals surface area contributed by atoms with Gasteiger partial charge >= 0.3 is 0 Å². The van der Waals surface area contributed by atoms with E-state index in [1.54, 1.807) is 0 Å². The Morgan fingerprint density at radius 3 is 2.62 bits per heavy atom. The predicted octanol–water partition coefficient (Wildman–Crippen LogP) is 0.404. The molecule has 0 aromatic rings. The molecule has 0 aromatic heterocycles. The molecule has 1 aliphatic rings. The van der Waals surface area contributed by atoms with Gasteiger partial charge in [0.2, 0.25) is 0 Å². The fourth-order valence-electron chi connectivity index (χ4n) is 0.977. The molecule has 2 nitrogen and oxygen atoms in total. The summed E-state index contributed by atoms with van der Waals surface area (Å²) >= 11 is 0. The van der Waals surface area contributed by atoms with E-state index in [1.165, 1.54) is 0 Å². The van der Waals surface area contributed by atoms with Crippen LogP contribution in [0.1, 0.15) is 13.3 Å². The second kappa shape index (κ2) is 2.46. The Bertz CT molecular complexity index is 72.9. The van der Waals surface area contributed by atoms with Gasteiger partial charge in [-0.1, -0.05) is 6.92 Å². The first-order valence-electron chi connectivity index (χ1n) is 3.10. The standard InChI is InChI=1S/C6H12O2/c1-2-5-3-8-4-6(5)7/h5-7H,2-4H2,1H3/t5-,6?/m0/s1. The lowest BCUT2D eigenvalue weighted by molar-refractivity contribution is 0.118. The summed E-state index contributed by atoms with van der Waals surface area (Å²) < 4.78 is 5.01. The molecule has 1 N–H and O–H groups in total. The number of aliphatic hydroxyl groups is 1. The van der Waals surface area contributed by atoms with Crippen LogP contribution in [-0.4, -0.2) is 24.4 Å². The van der Waals surface area contributed by atoms with Gasteiger partial charge in [-0.2, -0.15) is 0 Å². The van der Waals surface area contributed by atoms with E-state index in [2.05, 4.69) is 6.92 Å². The van der Waals surface area contributed by atoms with Crippen LogP contribution in [0.2, 0.25) is 0 Å². The van der Waals surface area contributed by atoms with Crippen molar-refractivity contribution in [2.45, 2.75) is 19.4 Å². The summed E-state index contributed by atoms with van der Waals surface area (Å²) in [6.07, 6.45) is 0.834. The minimum absolute atomic E-state index is 0.194. The van der Waals surface area contributed by atoms with Crippen LogP contribution in [0.4, 0.5) is 0 Å². The van der Waals surface area contributed by atoms with Crippen molar-refractivity contribution in [1.82, 2.24) is 0 Å². The molecule has 1 fully saturated rings. The molecule has 0 aliphatic carbocycles.